The molecule has 0 aromatic carbocycles. The van der Waals surface area contributed by atoms with Crippen LogP contribution >= 0.6 is 0 Å². The fourth-order valence-corrected chi connectivity index (χ4v) is 3.33. The molecule has 1 saturated heterocycles. The number of likely N-dealkylation sites (tertiary alicyclic amines) is 1. The van der Waals surface area contributed by atoms with Crippen molar-refractivity contribution in [2.75, 3.05) is 13.1 Å². The van der Waals surface area contributed by atoms with Crippen molar-refractivity contribution in [2.45, 2.75) is 39.5 Å². The van der Waals surface area contributed by atoms with Gasteiger partial charge in [0.05, 0.1) is 5.69 Å². The highest BCUT2D eigenvalue weighted by molar-refractivity contribution is 5.76. The fourth-order valence-electron chi connectivity index (χ4n) is 3.33. The third-order valence-electron chi connectivity index (χ3n) is 4.66. The van der Waals surface area contributed by atoms with Crippen LogP contribution < -0.4 is 0 Å². The molecule has 7 nitrogen and oxygen atoms in total. The van der Waals surface area contributed by atoms with E-state index in [1.165, 1.54) is 5.56 Å². The van der Waals surface area contributed by atoms with Gasteiger partial charge in [0, 0.05) is 37.5 Å². The molecule has 0 saturated carbocycles. The summed E-state index contributed by atoms with van der Waals surface area (Å²) in [5.41, 5.74) is 3.22. The summed E-state index contributed by atoms with van der Waals surface area (Å²) >= 11 is 0. The normalized spacial score (nSPS) is 16.1. The van der Waals surface area contributed by atoms with Crippen molar-refractivity contribution in [3.63, 3.8) is 0 Å². The van der Waals surface area contributed by atoms with E-state index in [2.05, 4.69) is 16.2 Å². The van der Waals surface area contributed by atoms with Crippen molar-refractivity contribution in [2.24, 2.45) is 5.92 Å². The van der Waals surface area contributed by atoms with E-state index in [-0.39, 0.29) is 12.4 Å². The number of aromatic nitrogens is 2. The van der Waals surface area contributed by atoms with E-state index in [4.69, 9.17) is 14.4 Å². The van der Waals surface area contributed by atoms with Gasteiger partial charge in [-0.3, -0.25) is 14.6 Å². The van der Waals surface area contributed by atoms with Gasteiger partial charge in [-0.15, -0.1) is 0 Å². The average Bonchev–Trinajstić information content (AvgIpc) is 3.22. The highest BCUT2D eigenvalue weighted by atomic mass is 16.5. The van der Waals surface area contributed by atoms with Crippen LogP contribution in [0.25, 0.3) is 0 Å². The molecule has 26 heavy (non-hydrogen) atoms. The Bertz CT molecular complexity index is 695. The first-order valence-corrected chi connectivity index (χ1v) is 8.71. The summed E-state index contributed by atoms with van der Waals surface area (Å²) in [6.45, 7) is 5.30. The first-order valence-electron chi connectivity index (χ1n) is 8.71. The lowest BCUT2D eigenvalue weighted by Crippen LogP contribution is -2.29. The monoisotopic (exact) mass is 359 g/mol. The van der Waals surface area contributed by atoms with Crippen LogP contribution in [0.2, 0.25) is 0 Å². The molecule has 1 atom stereocenters. The molecule has 1 unspecified atom stereocenters. The number of pyridine rings is 1. The zero-order chi connectivity index (χ0) is 18.9. The van der Waals surface area contributed by atoms with Crippen LogP contribution in [0.3, 0.4) is 0 Å². The third kappa shape index (κ3) is 5.40. The Kier molecular flexibility index (Phi) is 7.32. The van der Waals surface area contributed by atoms with E-state index in [1.54, 1.807) is 6.20 Å². The minimum absolute atomic E-state index is 0.235. The van der Waals surface area contributed by atoms with Crippen LogP contribution in [0.1, 0.15) is 35.4 Å². The molecular weight excluding hydrogens is 334 g/mol. The zero-order valence-corrected chi connectivity index (χ0v) is 15.2. The molecule has 1 fully saturated rings. The zero-order valence-electron chi connectivity index (χ0n) is 15.2. The topological polar surface area (TPSA) is 96.5 Å². The molecule has 1 aliphatic heterocycles. The Labute approximate surface area is 153 Å². The van der Waals surface area contributed by atoms with E-state index < -0.39 is 0 Å². The molecule has 1 amide bonds. The molecule has 0 radical (unpaired) electrons. The minimum Gasteiger partial charge on any atom is -0.483 e. The molecule has 3 rings (SSSR count). The van der Waals surface area contributed by atoms with E-state index in [0.29, 0.717) is 18.8 Å². The molecule has 140 valence electrons. The second-order valence-corrected chi connectivity index (χ2v) is 6.47. The van der Waals surface area contributed by atoms with Crippen molar-refractivity contribution in [3.05, 3.63) is 47.1 Å². The molecule has 0 aliphatic carbocycles. The maximum atomic E-state index is 12.4. The first-order chi connectivity index (χ1) is 12.5. The van der Waals surface area contributed by atoms with E-state index in [9.17, 15) is 4.79 Å². The summed E-state index contributed by atoms with van der Waals surface area (Å²) in [6, 6.07) is 4.08. The van der Waals surface area contributed by atoms with E-state index in [0.717, 1.165) is 42.9 Å². The van der Waals surface area contributed by atoms with E-state index >= 15 is 0 Å². The van der Waals surface area contributed by atoms with Crippen LogP contribution in [0.15, 0.2) is 29.0 Å². The predicted octanol–water partition coefficient (Wildman–Crippen LogP) is 2.41. The van der Waals surface area contributed by atoms with Crippen LogP contribution in [0.4, 0.5) is 0 Å². The number of aryl methyl sites for hydroxylation is 2. The van der Waals surface area contributed by atoms with Crippen molar-refractivity contribution < 1.29 is 19.2 Å². The van der Waals surface area contributed by atoms with Crippen LogP contribution in [-0.4, -0.2) is 45.6 Å². The lowest BCUT2D eigenvalue weighted by Gasteiger charge is -2.16. The summed E-state index contributed by atoms with van der Waals surface area (Å²) in [5.74, 6) is 1.60. The predicted molar refractivity (Wildman–Crippen MR) is 95.6 cm³/mol. The van der Waals surface area contributed by atoms with Crippen molar-refractivity contribution in [3.8, 4) is 0 Å². The molecular formula is C19H25N3O4. The highest BCUT2D eigenvalue weighted by Crippen LogP contribution is 2.22. The highest BCUT2D eigenvalue weighted by Gasteiger charge is 2.26. The quantitative estimate of drug-likeness (QED) is 0.824. The number of carbonyl (C=O) groups is 2. The van der Waals surface area contributed by atoms with Crippen LogP contribution in [0, 0.1) is 19.8 Å². The number of amides is 1. The summed E-state index contributed by atoms with van der Waals surface area (Å²) < 4.78 is 5.16. The van der Waals surface area contributed by atoms with Crippen molar-refractivity contribution in [1.82, 2.24) is 15.0 Å². The van der Waals surface area contributed by atoms with Gasteiger partial charge in [0.2, 0.25) is 5.91 Å². The van der Waals surface area contributed by atoms with Gasteiger partial charge in [-0.2, -0.15) is 0 Å². The number of hydrogen-bond acceptors (Lipinski definition) is 5. The molecule has 0 bridgehead atoms. The summed E-state index contributed by atoms with van der Waals surface area (Å²) in [5, 5.41) is 10.8. The van der Waals surface area contributed by atoms with E-state index in [1.807, 2.05) is 31.0 Å². The second kappa shape index (κ2) is 9.70. The van der Waals surface area contributed by atoms with Crippen molar-refractivity contribution >= 4 is 12.4 Å². The number of carboxylic acid groups (broad SMARTS) is 1. The molecule has 3 heterocycles. The second-order valence-electron chi connectivity index (χ2n) is 6.47. The van der Waals surface area contributed by atoms with Gasteiger partial charge < -0.3 is 14.5 Å². The Morgan fingerprint density at radius 3 is 2.85 bits per heavy atom. The number of carbonyl (C=O) groups excluding carboxylic acids is 1. The van der Waals surface area contributed by atoms with Gasteiger partial charge in [-0.25, -0.2) is 0 Å². The van der Waals surface area contributed by atoms with Crippen LogP contribution in [-0.2, 0) is 22.4 Å². The molecule has 0 spiro atoms. The van der Waals surface area contributed by atoms with Gasteiger partial charge in [-0.1, -0.05) is 11.2 Å². The van der Waals surface area contributed by atoms with Gasteiger partial charge >= 0.3 is 0 Å². The standard InChI is InChI=1S/C18H23N3O2.CH2O2/c1-13-17(14(2)23-20-13)5-6-18(22)21-9-7-16(12-21)10-15-4-3-8-19-11-15;2-1-3/h3-4,8,11,16H,5-7,9-10,12H2,1-2H3;1H,(H,2,3). The number of nitrogens with zero attached hydrogens (tertiary/aromatic N) is 3. The van der Waals surface area contributed by atoms with Gasteiger partial charge in [0.25, 0.3) is 6.47 Å². The van der Waals surface area contributed by atoms with Gasteiger partial charge in [0.1, 0.15) is 5.76 Å². The SMILES string of the molecule is Cc1noc(C)c1CCC(=O)N1CCC(Cc2cccnc2)C1.O=CO. The first kappa shape index (κ1) is 19.6. The average molecular weight is 359 g/mol. The van der Waals surface area contributed by atoms with Gasteiger partial charge in [-0.05, 0) is 50.7 Å². The summed E-state index contributed by atoms with van der Waals surface area (Å²) in [7, 11) is 0. The lowest BCUT2D eigenvalue weighted by molar-refractivity contribution is -0.130. The third-order valence-corrected chi connectivity index (χ3v) is 4.66. The Hall–Kier alpha value is -2.70. The Morgan fingerprint density at radius 1 is 1.46 bits per heavy atom. The van der Waals surface area contributed by atoms with Crippen molar-refractivity contribution in [1.29, 1.82) is 0 Å². The summed E-state index contributed by atoms with van der Waals surface area (Å²) in [6.07, 6.45) is 7.03. The Morgan fingerprint density at radius 2 is 2.23 bits per heavy atom. The minimum atomic E-state index is -0.250. The van der Waals surface area contributed by atoms with Crippen LogP contribution in [0.5, 0.6) is 0 Å². The van der Waals surface area contributed by atoms with Gasteiger partial charge in [0.15, 0.2) is 0 Å². The molecule has 7 heteroatoms. The molecule has 1 aliphatic rings. The maximum Gasteiger partial charge on any atom is 0.290 e. The molecule has 2 aromatic rings. The fraction of sp³-hybridized carbons (Fsp3) is 0.474. The Balaban J connectivity index is 0.000000758. The molecule has 1 N–H and O–H groups in total. The lowest BCUT2D eigenvalue weighted by atomic mass is 10.00. The maximum absolute atomic E-state index is 12.4. The summed E-state index contributed by atoms with van der Waals surface area (Å²) in [4.78, 5) is 26.9. The smallest absolute Gasteiger partial charge is 0.290 e. The number of hydrogen-bond donors (Lipinski definition) is 1. The largest absolute Gasteiger partial charge is 0.483 e. The number of rotatable bonds is 5. The molecule has 2 aromatic heterocycles.